The van der Waals surface area contributed by atoms with Crippen LogP contribution in [0.2, 0.25) is 0 Å². The molecule has 0 saturated heterocycles. The Morgan fingerprint density at radius 2 is 1.67 bits per heavy atom. The van der Waals surface area contributed by atoms with Gasteiger partial charge in [-0.05, 0) is 53.0 Å². The SMILES string of the molecule is CCCC(C)NC(=O)C(c1ccc(C)cc1)N(CCC)C(=O)C(CS)NC(=O)OC(C)(C)C. The molecule has 186 valence electrons. The van der Waals surface area contributed by atoms with Gasteiger partial charge in [0.1, 0.15) is 17.7 Å². The van der Waals surface area contributed by atoms with E-state index in [0.717, 1.165) is 24.0 Å². The van der Waals surface area contributed by atoms with Gasteiger partial charge in [-0.1, -0.05) is 50.1 Å². The summed E-state index contributed by atoms with van der Waals surface area (Å²) in [6, 6.07) is 5.83. The molecule has 0 fully saturated rings. The van der Waals surface area contributed by atoms with Gasteiger partial charge in [-0.3, -0.25) is 9.59 Å². The van der Waals surface area contributed by atoms with Crippen LogP contribution in [0, 0.1) is 6.92 Å². The lowest BCUT2D eigenvalue weighted by atomic mass is 10.0. The monoisotopic (exact) mass is 479 g/mol. The fourth-order valence-electron chi connectivity index (χ4n) is 3.49. The van der Waals surface area contributed by atoms with Crippen LogP contribution < -0.4 is 10.6 Å². The predicted molar refractivity (Wildman–Crippen MR) is 135 cm³/mol. The zero-order chi connectivity index (χ0) is 25.2. The van der Waals surface area contributed by atoms with Gasteiger partial charge in [-0.15, -0.1) is 0 Å². The zero-order valence-corrected chi connectivity index (χ0v) is 22.0. The lowest BCUT2D eigenvalue weighted by Gasteiger charge is -2.34. The van der Waals surface area contributed by atoms with Crippen molar-refractivity contribution >= 4 is 30.5 Å². The number of alkyl carbamates (subject to hydrolysis) is 1. The van der Waals surface area contributed by atoms with Crippen molar-refractivity contribution in [1.82, 2.24) is 15.5 Å². The zero-order valence-electron chi connectivity index (χ0n) is 21.1. The second kappa shape index (κ2) is 13.5. The van der Waals surface area contributed by atoms with Crippen LogP contribution in [-0.2, 0) is 14.3 Å². The Bertz CT molecular complexity index is 777. The third-order valence-corrected chi connectivity index (χ3v) is 5.35. The van der Waals surface area contributed by atoms with Crippen LogP contribution in [0.25, 0.3) is 0 Å². The molecule has 1 aromatic carbocycles. The number of aryl methyl sites for hydroxylation is 1. The van der Waals surface area contributed by atoms with Crippen LogP contribution in [0.15, 0.2) is 24.3 Å². The molecule has 3 amide bonds. The highest BCUT2D eigenvalue weighted by molar-refractivity contribution is 7.80. The third-order valence-electron chi connectivity index (χ3n) is 4.98. The largest absolute Gasteiger partial charge is 0.444 e. The van der Waals surface area contributed by atoms with Gasteiger partial charge < -0.3 is 20.3 Å². The molecule has 1 rings (SSSR count). The van der Waals surface area contributed by atoms with E-state index in [1.807, 2.05) is 45.0 Å². The molecule has 2 N–H and O–H groups in total. The second-order valence-electron chi connectivity index (χ2n) is 9.42. The minimum atomic E-state index is -0.927. The number of carbonyl (C=O) groups is 3. The summed E-state index contributed by atoms with van der Waals surface area (Å²) in [4.78, 5) is 40.9. The standard InChI is InChI=1S/C25H41N3O4S/c1-8-10-18(4)26-22(29)21(19-13-11-17(3)12-14-19)28(15-9-2)23(30)20(16-33)27-24(31)32-25(5,6)7/h11-14,18,20-21,33H,8-10,15-16H2,1-7H3,(H,26,29)(H,27,31). The van der Waals surface area contributed by atoms with Crippen molar-refractivity contribution in [2.45, 2.75) is 91.5 Å². The first kappa shape index (κ1) is 28.8. The molecule has 0 radical (unpaired) electrons. The van der Waals surface area contributed by atoms with Crippen molar-refractivity contribution in [3.05, 3.63) is 35.4 Å². The summed E-state index contributed by atoms with van der Waals surface area (Å²) < 4.78 is 5.31. The van der Waals surface area contributed by atoms with Gasteiger partial charge in [0.05, 0.1) is 0 Å². The van der Waals surface area contributed by atoms with E-state index in [4.69, 9.17) is 4.74 Å². The Morgan fingerprint density at radius 3 is 2.15 bits per heavy atom. The maximum Gasteiger partial charge on any atom is 0.408 e. The number of rotatable bonds is 11. The van der Waals surface area contributed by atoms with Crippen molar-refractivity contribution in [2.75, 3.05) is 12.3 Å². The molecule has 3 atom stereocenters. The number of nitrogens with zero attached hydrogens (tertiary/aromatic N) is 1. The molecule has 0 aliphatic carbocycles. The summed E-state index contributed by atoms with van der Waals surface area (Å²) in [5.41, 5.74) is 1.08. The number of hydrogen-bond acceptors (Lipinski definition) is 5. The Hall–Kier alpha value is -2.22. The molecule has 0 aliphatic rings. The van der Waals surface area contributed by atoms with Crippen LogP contribution in [0.4, 0.5) is 4.79 Å². The minimum absolute atomic E-state index is 0.0189. The lowest BCUT2D eigenvalue weighted by molar-refractivity contribution is -0.142. The van der Waals surface area contributed by atoms with Crippen molar-refractivity contribution in [1.29, 1.82) is 0 Å². The highest BCUT2D eigenvalue weighted by Crippen LogP contribution is 2.24. The average molecular weight is 480 g/mol. The van der Waals surface area contributed by atoms with Gasteiger partial charge >= 0.3 is 6.09 Å². The topological polar surface area (TPSA) is 87.7 Å². The Balaban J connectivity index is 3.29. The summed E-state index contributed by atoms with van der Waals surface area (Å²) in [5.74, 6) is -0.536. The van der Waals surface area contributed by atoms with E-state index in [2.05, 4.69) is 30.2 Å². The van der Waals surface area contributed by atoms with E-state index >= 15 is 0 Å². The van der Waals surface area contributed by atoms with Crippen LogP contribution in [-0.4, -0.2) is 52.8 Å². The highest BCUT2D eigenvalue weighted by atomic mass is 32.1. The summed E-state index contributed by atoms with van der Waals surface area (Å²) >= 11 is 4.29. The maximum atomic E-state index is 13.6. The summed E-state index contributed by atoms with van der Waals surface area (Å²) in [5, 5.41) is 5.67. The Morgan fingerprint density at radius 1 is 1.06 bits per heavy atom. The molecule has 7 nitrogen and oxygen atoms in total. The molecule has 0 bridgehead atoms. The molecular weight excluding hydrogens is 438 g/mol. The van der Waals surface area contributed by atoms with Crippen molar-refractivity contribution < 1.29 is 19.1 Å². The number of benzene rings is 1. The van der Waals surface area contributed by atoms with E-state index in [9.17, 15) is 14.4 Å². The smallest absolute Gasteiger partial charge is 0.408 e. The van der Waals surface area contributed by atoms with Crippen LogP contribution >= 0.6 is 12.6 Å². The van der Waals surface area contributed by atoms with Crippen LogP contribution in [0.3, 0.4) is 0 Å². The summed E-state index contributed by atoms with van der Waals surface area (Å²) in [7, 11) is 0. The van der Waals surface area contributed by atoms with E-state index < -0.39 is 23.8 Å². The quantitative estimate of drug-likeness (QED) is 0.411. The maximum absolute atomic E-state index is 13.6. The van der Waals surface area contributed by atoms with E-state index in [0.29, 0.717) is 13.0 Å². The number of amides is 3. The van der Waals surface area contributed by atoms with E-state index in [1.165, 1.54) is 4.90 Å². The first-order valence-electron chi connectivity index (χ1n) is 11.7. The molecule has 33 heavy (non-hydrogen) atoms. The highest BCUT2D eigenvalue weighted by Gasteiger charge is 2.35. The van der Waals surface area contributed by atoms with Crippen LogP contribution in [0.1, 0.15) is 78.0 Å². The number of ether oxygens (including phenoxy) is 1. The van der Waals surface area contributed by atoms with Gasteiger partial charge in [0.15, 0.2) is 0 Å². The average Bonchev–Trinajstić information content (AvgIpc) is 2.71. The molecule has 0 saturated carbocycles. The van der Waals surface area contributed by atoms with Crippen LogP contribution in [0.5, 0.6) is 0 Å². The second-order valence-corrected chi connectivity index (χ2v) is 9.79. The van der Waals surface area contributed by atoms with Crippen molar-refractivity contribution in [3.63, 3.8) is 0 Å². The van der Waals surface area contributed by atoms with Gasteiger partial charge in [0, 0.05) is 18.3 Å². The summed E-state index contributed by atoms with van der Waals surface area (Å²) in [6.07, 6.45) is 1.74. The fraction of sp³-hybridized carbons (Fsp3) is 0.640. The number of nitrogens with one attached hydrogen (secondary N) is 2. The first-order valence-corrected chi connectivity index (χ1v) is 12.3. The number of thiol groups is 1. The third kappa shape index (κ3) is 9.66. The van der Waals surface area contributed by atoms with Gasteiger partial charge in [0.25, 0.3) is 0 Å². The Kier molecular flexibility index (Phi) is 11.8. The fourth-order valence-corrected chi connectivity index (χ4v) is 3.74. The van der Waals surface area contributed by atoms with E-state index in [-0.39, 0.29) is 23.6 Å². The predicted octanol–water partition coefficient (Wildman–Crippen LogP) is 4.40. The molecule has 1 aromatic rings. The molecule has 8 heteroatoms. The molecule has 0 spiro atoms. The summed E-state index contributed by atoms with van der Waals surface area (Å²) in [6.45, 7) is 13.5. The van der Waals surface area contributed by atoms with Crippen molar-refractivity contribution in [2.24, 2.45) is 0 Å². The molecule has 0 aliphatic heterocycles. The molecule has 3 unspecified atom stereocenters. The normalized spacial score (nSPS) is 14.1. The minimum Gasteiger partial charge on any atom is -0.444 e. The lowest BCUT2D eigenvalue weighted by Crippen LogP contribution is -2.54. The van der Waals surface area contributed by atoms with Gasteiger partial charge in [-0.25, -0.2) is 4.79 Å². The Labute approximate surface area is 204 Å². The van der Waals surface area contributed by atoms with Gasteiger partial charge in [0.2, 0.25) is 11.8 Å². The van der Waals surface area contributed by atoms with Crippen molar-refractivity contribution in [3.8, 4) is 0 Å². The van der Waals surface area contributed by atoms with Gasteiger partial charge in [-0.2, -0.15) is 12.6 Å². The molecule has 0 aromatic heterocycles. The van der Waals surface area contributed by atoms with E-state index in [1.54, 1.807) is 20.8 Å². The first-order chi connectivity index (χ1) is 15.4. The molecule has 0 heterocycles. The number of hydrogen-bond donors (Lipinski definition) is 3. The molecular formula is C25H41N3O4S. The number of carbonyl (C=O) groups excluding carboxylic acids is 3.